The lowest BCUT2D eigenvalue weighted by Gasteiger charge is -2.19. The standard InChI is InChI=1S/C25H40O3/c1-4-5-6-7-8-9-10-11-12-13-14-19-28-21-23-17-15-22(16-18-23)20-25(2,3)24(26)27/h13-18H,4-12,19-21H2,1-3H3,(H,26,27). The van der Waals surface area contributed by atoms with Gasteiger partial charge in [-0.05, 0) is 44.2 Å². The van der Waals surface area contributed by atoms with Gasteiger partial charge >= 0.3 is 5.97 Å². The van der Waals surface area contributed by atoms with Crippen LogP contribution in [0, 0.1) is 5.41 Å². The quantitative estimate of drug-likeness (QED) is 0.246. The number of carbonyl (C=O) groups is 1. The summed E-state index contributed by atoms with van der Waals surface area (Å²) in [5.74, 6) is -0.765. The molecule has 0 spiro atoms. The Morgan fingerprint density at radius 3 is 2.11 bits per heavy atom. The van der Waals surface area contributed by atoms with E-state index in [9.17, 15) is 9.90 Å². The Labute approximate surface area is 172 Å². The minimum atomic E-state index is -0.765. The van der Waals surface area contributed by atoms with Crippen LogP contribution in [0.2, 0.25) is 0 Å². The van der Waals surface area contributed by atoms with Crippen molar-refractivity contribution in [2.75, 3.05) is 6.61 Å². The highest BCUT2D eigenvalue weighted by Crippen LogP contribution is 2.22. The highest BCUT2D eigenvalue weighted by Gasteiger charge is 2.27. The Balaban J connectivity index is 2.08. The zero-order chi connectivity index (χ0) is 20.7. The van der Waals surface area contributed by atoms with Crippen molar-refractivity contribution >= 4 is 5.97 Å². The van der Waals surface area contributed by atoms with E-state index in [1.165, 1.54) is 51.4 Å². The van der Waals surface area contributed by atoms with Crippen LogP contribution in [0.15, 0.2) is 36.4 Å². The monoisotopic (exact) mass is 388 g/mol. The lowest BCUT2D eigenvalue weighted by atomic mass is 9.86. The van der Waals surface area contributed by atoms with E-state index in [4.69, 9.17) is 4.74 Å². The van der Waals surface area contributed by atoms with Crippen LogP contribution >= 0.6 is 0 Å². The van der Waals surface area contributed by atoms with E-state index in [2.05, 4.69) is 19.1 Å². The SMILES string of the molecule is CCCCCCCCCCC=CCOCc1ccc(CC(C)(C)C(=O)O)cc1. The molecule has 1 aromatic carbocycles. The van der Waals surface area contributed by atoms with Gasteiger partial charge in [-0.2, -0.15) is 0 Å². The first kappa shape index (κ1) is 24.4. The van der Waals surface area contributed by atoms with Crippen LogP contribution in [0.25, 0.3) is 0 Å². The van der Waals surface area contributed by atoms with Crippen molar-refractivity contribution in [1.29, 1.82) is 0 Å². The fourth-order valence-electron chi connectivity index (χ4n) is 3.17. The maximum absolute atomic E-state index is 11.2. The summed E-state index contributed by atoms with van der Waals surface area (Å²) < 4.78 is 5.70. The minimum absolute atomic E-state index is 0.533. The highest BCUT2D eigenvalue weighted by atomic mass is 16.5. The molecule has 0 aliphatic carbocycles. The average molecular weight is 389 g/mol. The van der Waals surface area contributed by atoms with E-state index in [1.807, 2.05) is 24.3 Å². The molecule has 0 saturated carbocycles. The second-order valence-corrected chi connectivity index (χ2v) is 8.43. The van der Waals surface area contributed by atoms with Crippen molar-refractivity contribution in [1.82, 2.24) is 0 Å². The summed E-state index contributed by atoms with van der Waals surface area (Å²) in [6, 6.07) is 8.05. The number of carboxylic acids is 1. The van der Waals surface area contributed by atoms with Gasteiger partial charge in [0.25, 0.3) is 0 Å². The van der Waals surface area contributed by atoms with Crippen LogP contribution < -0.4 is 0 Å². The molecule has 1 rings (SSSR count). The first-order valence-electron chi connectivity index (χ1n) is 11.0. The molecule has 3 nitrogen and oxygen atoms in total. The molecule has 0 atom stereocenters. The third-order valence-electron chi connectivity index (χ3n) is 5.12. The molecular weight excluding hydrogens is 348 g/mol. The number of benzene rings is 1. The Hall–Kier alpha value is -1.61. The number of hydrogen-bond acceptors (Lipinski definition) is 2. The van der Waals surface area contributed by atoms with Crippen LogP contribution in [0.3, 0.4) is 0 Å². The molecule has 1 N–H and O–H groups in total. The van der Waals surface area contributed by atoms with Crippen molar-refractivity contribution in [2.24, 2.45) is 5.41 Å². The lowest BCUT2D eigenvalue weighted by molar-refractivity contribution is -0.146. The average Bonchev–Trinajstić information content (AvgIpc) is 2.66. The van der Waals surface area contributed by atoms with E-state index in [0.29, 0.717) is 19.6 Å². The number of unbranched alkanes of at least 4 members (excludes halogenated alkanes) is 8. The number of allylic oxidation sites excluding steroid dienone is 1. The Morgan fingerprint density at radius 2 is 1.50 bits per heavy atom. The Kier molecular flexibility index (Phi) is 12.6. The molecule has 0 radical (unpaired) electrons. The van der Waals surface area contributed by atoms with Crippen LogP contribution in [0.5, 0.6) is 0 Å². The summed E-state index contributed by atoms with van der Waals surface area (Å²) in [7, 11) is 0. The van der Waals surface area contributed by atoms with Crippen molar-refractivity contribution in [2.45, 2.75) is 91.6 Å². The van der Waals surface area contributed by atoms with E-state index in [-0.39, 0.29) is 0 Å². The van der Waals surface area contributed by atoms with E-state index < -0.39 is 11.4 Å². The van der Waals surface area contributed by atoms with Crippen molar-refractivity contribution in [3.8, 4) is 0 Å². The Bertz CT molecular complexity index is 558. The highest BCUT2D eigenvalue weighted by molar-refractivity contribution is 5.74. The van der Waals surface area contributed by atoms with Crippen LogP contribution in [-0.4, -0.2) is 17.7 Å². The molecule has 0 bridgehead atoms. The summed E-state index contributed by atoms with van der Waals surface area (Å²) in [6.45, 7) is 7.01. The molecule has 0 fully saturated rings. The van der Waals surface area contributed by atoms with Gasteiger partial charge in [-0.1, -0.05) is 88.3 Å². The fraction of sp³-hybridized carbons (Fsp3) is 0.640. The molecule has 0 unspecified atom stereocenters. The summed E-state index contributed by atoms with van der Waals surface area (Å²) in [6.07, 6.45) is 16.9. The van der Waals surface area contributed by atoms with Gasteiger partial charge in [0.2, 0.25) is 0 Å². The molecule has 28 heavy (non-hydrogen) atoms. The van der Waals surface area contributed by atoms with Crippen LogP contribution in [0.1, 0.15) is 89.7 Å². The van der Waals surface area contributed by atoms with Crippen LogP contribution in [0.4, 0.5) is 0 Å². The van der Waals surface area contributed by atoms with Gasteiger partial charge in [0, 0.05) is 0 Å². The summed E-state index contributed by atoms with van der Waals surface area (Å²) in [4.78, 5) is 11.2. The van der Waals surface area contributed by atoms with Crippen LogP contribution in [-0.2, 0) is 22.6 Å². The van der Waals surface area contributed by atoms with Crippen molar-refractivity contribution < 1.29 is 14.6 Å². The molecule has 0 aliphatic heterocycles. The minimum Gasteiger partial charge on any atom is -0.481 e. The normalized spacial score (nSPS) is 12.0. The third-order valence-corrected chi connectivity index (χ3v) is 5.12. The van der Waals surface area contributed by atoms with E-state index >= 15 is 0 Å². The van der Waals surface area contributed by atoms with E-state index in [0.717, 1.165) is 17.5 Å². The molecule has 0 aromatic heterocycles. The summed E-state index contributed by atoms with van der Waals surface area (Å²) in [5.41, 5.74) is 1.42. The molecule has 158 valence electrons. The zero-order valence-corrected chi connectivity index (χ0v) is 18.2. The van der Waals surface area contributed by atoms with Gasteiger partial charge in [0.05, 0.1) is 18.6 Å². The number of carboxylic acid groups (broad SMARTS) is 1. The number of rotatable bonds is 16. The smallest absolute Gasteiger partial charge is 0.309 e. The van der Waals surface area contributed by atoms with Crippen molar-refractivity contribution in [3.05, 3.63) is 47.5 Å². The Morgan fingerprint density at radius 1 is 0.929 bits per heavy atom. The van der Waals surface area contributed by atoms with Crippen molar-refractivity contribution in [3.63, 3.8) is 0 Å². The largest absolute Gasteiger partial charge is 0.481 e. The van der Waals surface area contributed by atoms with Gasteiger partial charge in [-0.15, -0.1) is 0 Å². The fourth-order valence-corrected chi connectivity index (χ4v) is 3.17. The van der Waals surface area contributed by atoms with Gasteiger partial charge in [-0.3, -0.25) is 4.79 Å². The number of aliphatic carboxylic acids is 1. The van der Waals surface area contributed by atoms with Gasteiger partial charge in [0.15, 0.2) is 0 Å². The molecule has 0 amide bonds. The molecular formula is C25H40O3. The topological polar surface area (TPSA) is 46.5 Å². The van der Waals surface area contributed by atoms with Gasteiger partial charge < -0.3 is 9.84 Å². The molecule has 0 saturated heterocycles. The first-order valence-corrected chi connectivity index (χ1v) is 11.0. The number of ether oxygens (including phenoxy) is 1. The van der Waals surface area contributed by atoms with Gasteiger partial charge in [-0.25, -0.2) is 0 Å². The lowest BCUT2D eigenvalue weighted by Crippen LogP contribution is -2.26. The molecule has 0 heterocycles. The maximum Gasteiger partial charge on any atom is 0.309 e. The second kappa shape index (κ2) is 14.4. The first-order chi connectivity index (χ1) is 13.5. The van der Waals surface area contributed by atoms with Gasteiger partial charge in [0.1, 0.15) is 0 Å². The summed E-state index contributed by atoms with van der Waals surface area (Å²) >= 11 is 0. The molecule has 0 aliphatic rings. The molecule has 1 aromatic rings. The predicted octanol–water partition coefficient (Wildman–Crippen LogP) is 6.94. The molecule has 3 heteroatoms. The summed E-state index contributed by atoms with van der Waals surface area (Å²) in [5, 5.41) is 9.22. The maximum atomic E-state index is 11.2. The number of hydrogen-bond donors (Lipinski definition) is 1. The van der Waals surface area contributed by atoms with E-state index in [1.54, 1.807) is 13.8 Å². The predicted molar refractivity (Wildman–Crippen MR) is 118 cm³/mol. The zero-order valence-electron chi connectivity index (χ0n) is 18.2. The second-order valence-electron chi connectivity index (χ2n) is 8.43. The third kappa shape index (κ3) is 11.3.